The van der Waals surface area contributed by atoms with Crippen LogP contribution in [-0.4, -0.2) is 40.8 Å². The Balaban J connectivity index is 1.69. The minimum Gasteiger partial charge on any atom is -0.382 e. The van der Waals surface area contributed by atoms with Crippen molar-refractivity contribution in [3.8, 4) is 0 Å². The van der Waals surface area contributed by atoms with Crippen LogP contribution in [0.2, 0.25) is 0 Å². The molecule has 0 aliphatic carbocycles. The quantitative estimate of drug-likeness (QED) is 0.489. The van der Waals surface area contributed by atoms with E-state index in [1.807, 2.05) is 30.3 Å². The first-order valence-electron chi connectivity index (χ1n) is 9.24. The number of nitrogens with zero attached hydrogens (tertiary/aromatic N) is 2. The van der Waals surface area contributed by atoms with Crippen molar-refractivity contribution in [3.63, 3.8) is 0 Å². The number of hydrogen-bond acceptors (Lipinski definition) is 5. The van der Waals surface area contributed by atoms with Crippen molar-refractivity contribution in [1.29, 1.82) is 0 Å². The average molecular weight is 396 g/mol. The maximum Gasteiger partial charge on any atom is 0.320 e. The van der Waals surface area contributed by atoms with Gasteiger partial charge >= 0.3 is 6.03 Å². The van der Waals surface area contributed by atoms with Gasteiger partial charge in [0.05, 0.1) is 23.6 Å². The van der Waals surface area contributed by atoms with E-state index >= 15 is 0 Å². The highest BCUT2D eigenvalue weighted by atomic mass is 16.5. The number of urea groups is 1. The maximum atomic E-state index is 12.4. The lowest BCUT2D eigenvalue weighted by atomic mass is 10.1. The molecule has 0 saturated carbocycles. The smallest absolute Gasteiger partial charge is 0.320 e. The Morgan fingerprint density at radius 3 is 2.62 bits per heavy atom. The highest BCUT2D eigenvalue weighted by Gasteiger charge is 2.16. The maximum absolute atomic E-state index is 12.4. The molecule has 3 aromatic rings. The van der Waals surface area contributed by atoms with Crippen molar-refractivity contribution in [3.05, 3.63) is 48.2 Å². The van der Waals surface area contributed by atoms with Crippen molar-refractivity contribution < 1.29 is 14.3 Å². The van der Waals surface area contributed by atoms with Gasteiger partial charge < -0.3 is 15.4 Å². The second kappa shape index (κ2) is 9.16. The van der Waals surface area contributed by atoms with Crippen LogP contribution in [0.3, 0.4) is 0 Å². The van der Waals surface area contributed by atoms with Crippen LogP contribution in [-0.2, 0) is 9.53 Å². The van der Waals surface area contributed by atoms with E-state index in [1.165, 1.54) is 0 Å². The average Bonchev–Trinajstić information content (AvgIpc) is 3.10. The molecule has 0 aliphatic heterocycles. The molecular formula is C20H24N6O3. The van der Waals surface area contributed by atoms with Gasteiger partial charge in [0.2, 0.25) is 5.91 Å². The molecule has 0 radical (unpaired) electrons. The lowest BCUT2D eigenvalue weighted by Crippen LogP contribution is -2.35. The van der Waals surface area contributed by atoms with Gasteiger partial charge in [0, 0.05) is 25.3 Å². The number of amides is 3. The monoisotopic (exact) mass is 396 g/mol. The molecule has 29 heavy (non-hydrogen) atoms. The number of aromatic amines is 1. The summed E-state index contributed by atoms with van der Waals surface area (Å²) in [6.45, 7) is 3.94. The highest BCUT2D eigenvalue weighted by Crippen LogP contribution is 2.22. The number of nitrogens with one attached hydrogen (secondary N) is 4. The summed E-state index contributed by atoms with van der Waals surface area (Å²) in [6.07, 6.45) is 1.55. The second-order valence-electron chi connectivity index (χ2n) is 6.85. The molecule has 0 spiro atoms. The Morgan fingerprint density at radius 2 is 1.93 bits per heavy atom. The Hall–Kier alpha value is -3.46. The summed E-state index contributed by atoms with van der Waals surface area (Å²) >= 11 is 0. The molecule has 0 saturated heterocycles. The van der Waals surface area contributed by atoms with E-state index in [9.17, 15) is 9.59 Å². The predicted molar refractivity (Wildman–Crippen MR) is 111 cm³/mol. The van der Waals surface area contributed by atoms with Gasteiger partial charge in [-0.2, -0.15) is 5.10 Å². The van der Waals surface area contributed by atoms with Crippen LogP contribution in [0, 0.1) is 5.92 Å². The molecule has 0 fully saturated rings. The van der Waals surface area contributed by atoms with Crippen LogP contribution >= 0.6 is 0 Å². The molecule has 1 unspecified atom stereocenters. The summed E-state index contributed by atoms with van der Waals surface area (Å²) in [7, 11) is 1.58. The molecule has 3 amide bonds. The molecule has 2 aromatic heterocycles. The summed E-state index contributed by atoms with van der Waals surface area (Å²) in [5.41, 5.74) is 1.58. The van der Waals surface area contributed by atoms with E-state index in [2.05, 4.69) is 31.1 Å². The third-order valence-electron chi connectivity index (χ3n) is 4.30. The van der Waals surface area contributed by atoms with E-state index < -0.39 is 6.03 Å². The van der Waals surface area contributed by atoms with Crippen molar-refractivity contribution in [1.82, 2.24) is 20.5 Å². The summed E-state index contributed by atoms with van der Waals surface area (Å²) in [5.74, 6) is 0.463. The number of benzene rings is 1. The Kier molecular flexibility index (Phi) is 6.40. The summed E-state index contributed by atoms with van der Waals surface area (Å²) in [5, 5.41) is 15.9. The number of rotatable bonds is 7. The molecule has 4 N–H and O–H groups in total. The van der Waals surface area contributed by atoms with Crippen LogP contribution in [0.5, 0.6) is 0 Å². The summed E-state index contributed by atoms with van der Waals surface area (Å²) in [4.78, 5) is 28.6. The molecule has 0 bridgehead atoms. The van der Waals surface area contributed by atoms with Gasteiger partial charge in [-0.1, -0.05) is 44.2 Å². The molecule has 1 aromatic carbocycles. The van der Waals surface area contributed by atoms with Gasteiger partial charge in [0.1, 0.15) is 5.82 Å². The SMILES string of the molecule is COCC(NC(=O)Nc1cc2[nH]nc(NC(=O)C(C)C)c2cn1)c1ccccc1. The van der Waals surface area contributed by atoms with Crippen LogP contribution in [0.1, 0.15) is 25.5 Å². The predicted octanol–water partition coefficient (Wildman–Crippen LogP) is 3.06. The number of ether oxygens (including phenoxy) is 1. The minimum atomic E-state index is -0.407. The van der Waals surface area contributed by atoms with E-state index in [1.54, 1.807) is 33.2 Å². The Morgan fingerprint density at radius 1 is 1.17 bits per heavy atom. The van der Waals surface area contributed by atoms with Gasteiger partial charge in [-0.3, -0.25) is 15.2 Å². The zero-order chi connectivity index (χ0) is 20.8. The van der Waals surface area contributed by atoms with Crippen LogP contribution in [0.25, 0.3) is 10.9 Å². The fourth-order valence-electron chi connectivity index (χ4n) is 2.72. The number of methoxy groups -OCH3 is 1. The fraction of sp³-hybridized carbons (Fsp3) is 0.300. The topological polar surface area (TPSA) is 121 Å². The molecule has 152 valence electrons. The first-order valence-corrected chi connectivity index (χ1v) is 9.24. The minimum absolute atomic E-state index is 0.134. The van der Waals surface area contributed by atoms with Gasteiger partial charge in [0.15, 0.2) is 5.82 Å². The number of H-pyrrole nitrogens is 1. The van der Waals surface area contributed by atoms with Crippen molar-refractivity contribution in [2.24, 2.45) is 5.92 Å². The number of aromatic nitrogens is 3. The number of carbonyl (C=O) groups excluding carboxylic acids is 2. The lowest BCUT2D eigenvalue weighted by molar-refractivity contribution is -0.118. The van der Waals surface area contributed by atoms with Gasteiger partial charge in [-0.25, -0.2) is 9.78 Å². The molecule has 0 aliphatic rings. The van der Waals surface area contributed by atoms with Gasteiger partial charge in [-0.05, 0) is 5.56 Å². The standard InChI is InChI=1S/C20H24N6O3/c1-12(2)19(27)24-18-14-10-21-17(9-15(14)25-26-18)23-20(28)22-16(11-29-3)13-7-5-4-6-8-13/h4-10,12,16H,11H2,1-3H3,(H2,21,22,23,28)(H2,24,25,26,27). The fourth-order valence-corrected chi connectivity index (χ4v) is 2.72. The van der Waals surface area contributed by atoms with Crippen molar-refractivity contribution in [2.45, 2.75) is 19.9 Å². The number of anilines is 2. The second-order valence-corrected chi connectivity index (χ2v) is 6.85. The molecule has 9 heteroatoms. The normalized spacial score (nSPS) is 12.0. The number of hydrogen-bond donors (Lipinski definition) is 4. The van der Waals surface area contributed by atoms with Crippen LogP contribution in [0.4, 0.5) is 16.4 Å². The summed E-state index contributed by atoms with van der Waals surface area (Å²) < 4.78 is 5.21. The number of fused-ring (bicyclic) bond motifs is 1. The lowest BCUT2D eigenvalue weighted by Gasteiger charge is -2.18. The van der Waals surface area contributed by atoms with E-state index in [0.717, 1.165) is 5.56 Å². The Bertz CT molecular complexity index is 986. The Labute approximate surface area is 168 Å². The van der Waals surface area contributed by atoms with Crippen LogP contribution in [0.15, 0.2) is 42.6 Å². The molecule has 9 nitrogen and oxygen atoms in total. The first-order chi connectivity index (χ1) is 14.0. The number of carbonyl (C=O) groups is 2. The van der Waals surface area contributed by atoms with E-state index in [0.29, 0.717) is 29.1 Å². The summed E-state index contributed by atoms with van der Waals surface area (Å²) in [6, 6.07) is 10.5. The van der Waals surface area contributed by atoms with E-state index in [4.69, 9.17) is 4.74 Å². The van der Waals surface area contributed by atoms with Crippen LogP contribution < -0.4 is 16.0 Å². The first kappa shape index (κ1) is 20.3. The highest BCUT2D eigenvalue weighted by molar-refractivity contribution is 6.01. The molecular weight excluding hydrogens is 372 g/mol. The largest absolute Gasteiger partial charge is 0.382 e. The molecule has 2 heterocycles. The molecule has 1 atom stereocenters. The zero-order valence-electron chi connectivity index (χ0n) is 16.5. The van der Waals surface area contributed by atoms with E-state index in [-0.39, 0.29) is 17.9 Å². The van der Waals surface area contributed by atoms with Gasteiger partial charge in [0.25, 0.3) is 0 Å². The third kappa shape index (κ3) is 5.08. The zero-order valence-corrected chi connectivity index (χ0v) is 16.5. The number of pyridine rings is 1. The van der Waals surface area contributed by atoms with Crippen molar-refractivity contribution in [2.75, 3.05) is 24.4 Å². The van der Waals surface area contributed by atoms with Gasteiger partial charge in [-0.15, -0.1) is 0 Å². The molecule has 3 rings (SSSR count). The third-order valence-corrected chi connectivity index (χ3v) is 4.30. The van der Waals surface area contributed by atoms with Crippen molar-refractivity contribution >= 4 is 34.5 Å².